The van der Waals surface area contributed by atoms with Gasteiger partial charge in [-0.1, -0.05) is 6.42 Å². The molecular weight excluding hydrogens is 164 g/mol. The van der Waals surface area contributed by atoms with Crippen LogP contribution in [0.5, 0.6) is 0 Å². The zero-order chi connectivity index (χ0) is 9.10. The fourth-order valence-electron chi connectivity index (χ4n) is 1.44. The summed E-state index contributed by atoms with van der Waals surface area (Å²) in [6.45, 7) is 0.588. The van der Waals surface area contributed by atoms with E-state index < -0.39 is 0 Å². The summed E-state index contributed by atoms with van der Waals surface area (Å²) in [5.41, 5.74) is 6.44. The van der Waals surface area contributed by atoms with E-state index in [1.165, 1.54) is 19.3 Å². The van der Waals surface area contributed by atoms with E-state index in [4.69, 9.17) is 5.73 Å². The van der Waals surface area contributed by atoms with Gasteiger partial charge in [0, 0.05) is 12.3 Å². The number of hydrogen-bond donors (Lipinski definition) is 1. The third-order valence-electron chi connectivity index (χ3n) is 2.52. The lowest BCUT2D eigenvalue weighted by atomic mass is 9.83. The largest absolute Gasteiger partial charge is 0.330 e. The molecular formula is C9H14N4. The van der Waals surface area contributed by atoms with Gasteiger partial charge in [0.05, 0.1) is 11.9 Å². The van der Waals surface area contributed by atoms with Crippen molar-refractivity contribution in [3.05, 3.63) is 17.7 Å². The Kier molecular flexibility index (Phi) is 2.49. The molecule has 4 heteroatoms. The summed E-state index contributed by atoms with van der Waals surface area (Å²) in [5.74, 6) is 1.37. The van der Waals surface area contributed by atoms with E-state index in [1.54, 1.807) is 0 Å². The molecule has 1 aliphatic carbocycles. The maximum Gasteiger partial charge on any atom is 0.152 e. The van der Waals surface area contributed by atoms with Gasteiger partial charge >= 0.3 is 0 Å². The molecule has 1 saturated carbocycles. The van der Waals surface area contributed by atoms with Crippen molar-refractivity contribution in [2.75, 3.05) is 6.54 Å². The van der Waals surface area contributed by atoms with Gasteiger partial charge in [-0.2, -0.15) is 5.10 Å². The lowest BCUT2D eigenvalue weighted by molar-refractivity contribution is 0.405. The first-order valence-electron chi connectivity index (χ1n) is 4.78. The number of hydrogen-bond acceptors (Lipinski definition) is 4. The molecule has 0 saturated heterocycles. The van der Waals surface area contributed by atoms with Crippen LogP contribution in [0.1, 0.15) is 36.7 Å². The summed E-state index contributed by atoms with van der Waals surface area (Å²) in [6, 6.07) is 0. The zero-order valence-electron chi connectivity index (χ0n) is 7.61. The smallest absolute Gasteiger partial charge is 0.152 e. The van der Waals surface area contributed by atoms with Crippen molar-refractivity contribution in [2.24, 2.45) is 5.73 Å². The SMILES string of the molecule is NCCc1ncc(C2CCC2)nn1. The van der Waals surface area contributed by atoms with Crippen LogP contribution in [0.25, 0.3) is 0 Å². The summed E-state index contributed by atoms with van der Waals surface area (Å²) in [6.07, 6.45) is 6.37. The topological polar surface area (TPSA) is 64.7 Å². The Morgan fingerprint density at radius 2 is 2.23 bits per heavy atom. The molecule has 0 amide bonds. The van der Waals surface area contributed by atoms with Crippen LogP contribution < -0.4 is 5.73 Å². The number of nitrogens with two attached hydrogens (primary N) is 1. The molecule has 1 aromatic heterocycles. The summed E-state index contributed by atoms with van der Waals surface area (Å²) in [5, 5.41) is 8.18. The Morgan fingerprint density at radius 3 is 2.69 bits per heavy atom. The number of nitrogens with zero attached hydrogens (tertiary/aromatic N) is 3. The third-order valence-corrected chi connectivity index (χ3v) is 2.52. The minimum absolute atomic E-state index is 0.588. The summed E-state index contributed by atoms with van der Waals surface area (Å²) < 4.78 is 0. The van der Waals surface area contributed by atoms with Crippen LogP contribution in [0.3, 0.4) is 0 Å². The van der Waals surface area contributed by atoms with Crippen molar-refractivity contribution in [1.82, 2.24) is 15.2 Å². The zero-order valence-corrected chi connectivity index (χ0v) is 7.61. The highest BCUT2D eigenvalue weighted by Gasteiger charge is 2.21. The van der Waals surface area contributed by atoms with Gasteiger partial charge in [-0.3, -0.25) is 0 Å². The van der Waals surface area contributed by atoms with Gasteiger partial charge < -0.3 is 5.73 Å². The van der Waals surface area contributed by atoms with Gasteiger partial charge in [-0.05, 0) is 19.4 Å². The molecule has 1 aliphatic rings. The molecule has 2 rings (SSSR count). The van der Waals surface area contributed by atoms with Crippen LogP contribution in [0, 0.1) is 0 Å². The van der Waals surface area contributed by atoms with Gasteiger partial charge in [0.15, 0.2) is 5.82 Å². The maximum absolute atomic E-state index is 5.39. The van der Waals surface area contributed by atoms with Crippen LogP contribution in [-0.4, -0.2) is 21.7 Å². The van der Waals surface area contributed by atoms with Crippen molar-refractivity contribution in [3.8, 4) is 0 Å². The highest BCUT2D eigenvalue weighted by Crippen LogP contribution is 2.34. The Hall–Kier alpha value is -1.03. The molecule has 0 aromatic carbocycles. The first-order chi connectivity index (χ1) is 6.40. The van der Waals surface area contributed by atoms with Crippen molar-refractivity contribution < 1.29 is 0 Å². The predicted octanol–water partition coefficient (Wildman–Crippen LogP) is 0.640. The molecule has 0 aliphatic heterocycles. The van der Waals surface area contributed by atoms with Crippen LogP contribution >= 0.6 is 0 Å². The van der Waals surface area contributed by atoms with E-state index in [9.17, 15) is 0 Å². The minimum atomic E-state index is 0.588. The Bertz CT molecular complexity index is 265. The van der Waals surface area contributed by atoms with E-state index in [1.807, 2.05) is 6.20 Å². The van der Waals surface area contributed by atoms with E-state index in [0.717, 1.165) is 17.9 Å². The Morgan fingerprint density at radius 1 is 1.38 bits per heavy atom. The van der Waals surface area contributed by atoms with Gasteiger partial charge in [0.1, 0.15) is 0 Å². The maximum atomic E-state index is 5.39. The second-order valence-electron chi connectivity index (χ2n) is 3.47. The van der Waals surface area contributed by atoms with E-state index in [2.05, 4.69) is 15.2 Å². The Balaban J connectivity index is 2.04. The fraction of sp³-hybridized carbons (Fsp3) is 0.667. The average molecular weight is 178 g/mol. The van der Waals surface area contributed by atoms with Gasteiger partial charge in [-0.25, -0.2) is 4.98 Å². The first kappa shape index (κ1) is 8.56. The summed E-state index contributed by atoms with van der Waals surface area (Å²) >= 11 is 0. The second kappa shape index (κ2) is 3.79. The highest BCUT2D eigenvalue weighted by atomic mass is 15.2. The molecule has 13 heavy (non-hydrogen) atoms. The fourth-order valence-corrected chi connectivity index (χ4v) is 1.44. The summed E-state index contributed by atoms with van der Waals surface area (Å²) in [4.78, 5) is 4.22. The third kappa shape index (κ3) is 1.83. The van der Waals surface area contributed by atoms with Crippen LogP contribution in [-0.2, 0) is 6.42 Å². The molecule has 0 atom stereocenters. The Labute approximate surface area is 77.6 Å². The molecule has 4 nitrogen and oxygen atoms in total. The number of rotatable bonds is 3. The molecule has 70 valence electrons. The van der Waals surface area contributed by atoms with Crippen LogP contribution in [0.2, 0.25) is 0 Å². The van der Waals surface area contributed by atoms with Gasteiger partial charge in [0.2, 0.25) is 0 Å². The highest BCUT2D eigenvalue weighted by molar-refractivity contribution is 5.06. The van der Waals surface area contributed by atoms with Crippen molar-refractivity contribution in [1.29, 1.82) is 0 Å². The van der Waals surface area contributed by atoms with Crippen molar-refractivity contribution in [3.63, 3.8) is 0 Å². The second-order valence-corrected chi connectivity index (χ2v) is 3.47. The average Bonchev–Trinajstić information content (AvgIpc) is 2.06. The molecule has 2 N–H and O–H groups in total. The van der Waals surface area contributed by atoms with Gasteiger partial charge in [-0.15, -0.1) is 5.10 Å². The van der Waals surface area contributed by atoms with Gasteiger partial charge in [0.25, 0.3) is 0 Å². The first-order valence-corrected chi connectivity index (χ1v) is 4.78. The van der Waals surface area contributed by atoms with Crippen molar-refractivity contribution in [2.45, 2.75) is 31.6 Å². The molecule has 0 spiro atoms. The van der Waals surface area contributed by atoms with Crippen LogP contribution in [0.15, 0.2) is 6.20 Å². The molecule has 1 aromatic rings. The lowest BCUT2D eigenvalue weighted by Gasteiger charge is -2.23. The van der Waals surface area contributed by atoms with Crippen molar-refractivity contribution >= 4 is 0 Å². The lowest BCUT2D eigenvalue weighted by Crippen LogP contribution is -2.14. The monoisotopic (exact) mass is 178 g/mol. The predicted molar refractivity (Wildman–Crippen MR) is 49.2 cm³/mol. The quantitative estimate of drug-likeness (QED) is 0.737. The number of aromatic nitrogens is 3. The molecule has 0 unspecified atom stereocenters. The molecule has 1 fully saturated rings. The summed E-state index contributed by atoms with van der Waals surface area (Å²) in [7, 11) is 0. The normalized spacial score (nSPS) is 17.0. The van der Waals surface area contributed by atoms with E-state index >= 15 is 0 Å². The molecule has 0 bridgehead atoms. The molecule has 1 heterocycles. The molecule has 0 radical (unpaired) electrons. The standard InChI is InChI=1S/C9H14N4/c10-5-4-9-11-6-8(12-13-9)7-2-1-3-7/h6-7H,1-5,10H2. The van der Waals surface area contributed by atoms with Crippen LogP contribution in [0.4, 0.5) is 0 Å². The minimum Gasteiger partial charge on any atom is -0.330 e. The van der Waals surface area contributed by atoms with E-state index in [-0.39, 0.29) is 0 Å². The van der Waals surface area contributed by atoms with E-state index in [0.29, 0.717) is 12.5 Å².